The van der Waals surface area contributed by atoms with Gasteiger partial charge in [-0.05, 0) is 18.8 Å². The molecule has 2 rings (SSSR count). The first kappa shape index (κ1) is 13.3. The highest BCUT2D eigenvalue weighted by Gasteiger charge is 2.31. The van der Waals surface area contributed by atoms with Gasteiger partial charge in [0.15, 0.2) is 0 Å². The number of rotatable bonds is 4. The van der Waals surface area contributed by atoms with E-state index in [-0.39, 0.29) is 12.6 Å². The first-order valence-electron chi connectivity index (χ1n) is 6.90. The van der Waals surface area contributed by atoms with E-state index in [1.165, 1.54) is 12.8 Å². The lowest BCUT2D eigenvalue weighted by atomic mass is 9.99. The molecule has 0 spiro atoms. The number of aliphatic hydroxyl groups is 1. The van der Waals surface area contributed by atoms with E-state index in [0.29, 0.717) is 18.1 Å². The molecular formula is C13H26N2O2. The smallest absolute Gasteiger partial charge is 0.0703 e. The molecule has 0 aromatic rings. The van der Waals surface area contributed by atoms with Gasteiger partial charge in [-0.25, -0.2) is 0 Å². The predicted octanol–water partition coefficient (Wildman–Crippen LogP) is 0.456. The van der Waals surface area contributed by atoms with Crippen LogP contribution in [-0.2, 0) is 4.74 Å². The fraction of sp³-hybridized carbons (Fsp3) is 1.00. The number of nitrogens with zero attached hydrogens (tertiary/aromatic N) is 1. The summed E-state index contributed by atoms with van der Waals surface area (Å²) in [5, 5.41) is 13.0. The topological polar surface area (TPSA) is 44.7 Å². The Morgan fingerprint density at radius 1 is 1.47 bits per heavy atom. The molecule has 100 valence electrons. The van der Waals surface area contributed by atoms with Gasteiger partial charge in [0.1, 0.15) is 0 Å². The summed E-state index contributed by atoms with van der Waals surface area (Å²) >= 11 is 0. The van der Waals surface area contributed by atoms with Gasteiger partial charge in [-0.15, -0.1) is 0 Å². The van der Waals surface area contributed by atoms with Crippen molar-refractivity contribution >= 4 is 0 Å². The molecule has 0 aromatic carbocycles. The van der Waals surface area contributed by atoms with Crippen molar-refractivity contribution in [1.82, 2.24) is 10.2 Å². The van der Waals surface area contributed by atoms with Gasteiger partial charge in [0.25, 0.3) is 0 Å². The first-order chi connectivity index (χ1) is 8.20. The summed E-state index contributed by atoms with van der Waals surface area (Å²) in [6.45, 7) is 8.56. The standard InChI is InChI=1S/C13H26N2O2/c1-10(2)13-8-15(11(9-16)6-14-13)7-12-4-3-5-17-12/h10-14,16H,3-9H2,1-2H3. The minimum Gasteiger partial charge on any atom is -0.395 e. The maximum absolute atomic E-state index is 9.44. The van der Waals surface area contributed by atoms with Gasteiger partial charge in [0.05, 0.1) is 12.7 Å². The van der Waals surface area contributed by atoms with Crippen LogP contribution in [0.4, 0.5) is 0 Å². The zero-order chi connectivity index (χ0) is 12.3. The Kier molecular flexibility index (Phi) is 4.79. The number of piperazine rings is 1. The van der Waals surface area contributed by atoms with E-state index in [2.05, 4.69) is 24.1 Å². The van der Waals surface area contributed by atoms with E-state index >= 15 is 0 Å². The average molecular weight is 242 g/mol. The predicted molar refractivity (Wildman–Crippen MR) is 68.0 cm³/mol. The van der Waals surface area contributed by atoms with Crippen molar-refractivity contribution < 1.29 is 9.84 Å². The largest absolute Gasteiger partial charge is 0.395 e. The maximum Gasteiger partial charge on any atom is 0.0703 e. The molecule has 0 aromatic heterocycles. The molecule has 2 aliphatic rings. The first-order valence-corrected chi connectivity index (χ1v) is 6.90. The van der Waals surface area contributed by atoms with Gasteiger partial charge in [-0.2, -0.15) is 0 Å². The van der Waals surface area contributed by atoms with E-state index in [4.69, 9.17) is 4.74 Å². The summed E-state index contributed by atoms with van der Waals surface area (Å²) in [5.41, 5.74) is 0. The van der Waals surface area contributed by atoms with Crippen molar-refractivity contribution in [2.75, 3.05) is 32.8 Å². The van der Waals surface area contributed by atoms with Crippen molar-refractivity contribution in [3.05, 3.63) is 0 Å². The highest BCUT2D eigenvalue weighted by Crippen LogP contribution is 2.18. The molecular weight excluding hydrogens is 216 g/mol. The van der Waals surface area contributed by atoms with Crippen molar-refractivity contribution in [1.29, 1.82) is 0 Å². The van der Waals surface area contributed by atoms with E-state index in [1.807, 2.05) is 0 Å². The number of ether oxygens (including phenoxy) is 1. The molecule has 2 saturated heterocycles. The lowest BCUT2D eigenvalue weighted by Crippen LogP contribution is -2.60. The van der Waals surface area contributed by atoms with E-state index in [0.717, 1.165) is 26.2 Å². The maximum atomic E-state index is 9.44. The number of hydrogen-bond acceptors (Lipinski definition) is 4. The van der Waals surface area contributed by atoms with Crippen molar-refractivity contribution in [3.63, 3.8) is 0 Å². The molecule has 17 heavy (non-hydrogen) atoms. The van der Waals surface area contributed by atoms with Crippen LogP contribution in [0.25, 0.3) is 0 Å². The van der Waals surface area contributed by atoms with Crippen LogP contribution in [0.5, 0.6) is 0 Å². The monoisotopic (exact) mass is 242 g/mol. The third-order valence-electron chi connectivity index (χ3n) is 4.04. The van der Waals surface area contributed by atoms with Gasteiger partial charge in [0.2, 0.25) is 0 Å². The van der Waals surface area contributed by atoms with E-state index < -0.39 is 0 Å². The lowest BCUT2D eigenvalue weighted by molar-refractivity contribution is 0.0174. The molecule has 2 heterocycles. The zero-order valence-corrected chi connectivity index (χ0v) is 11.1. The summed E-state index contributed by atoms with van der Waals surface area (Å²) < 4.78 is 5.70. The molecule has 2 aliphatic heterocycles. The van der Waals surface area contributed by atoms with Crippen LogP contribution in [0.2, 0.25) is 0 Å². The molecule has 0 bridgehead atoms. The molecule has 0 saturated carbocycles. The third-order valence-corrected chi connectivity index (χ3v) is 4.04. The fourth-order valence-corrected chi connectivity index (χ4v) is 2.78. The molecule has 2 N–H and O–H groups in total. The van der Waals surface area contributed by atoms with Gasteiger partial charge < -0.3 is 15.2 Å². The SMILES string of the molecule is CC(C)C1CN(CC2CCCO2)C(CO)CN1. The van der Waals surface area contributed by atoms with Crippen LogP contribution in [0.15, 0.2) is 0 Å². The Morgan fingerprint density at radius 2 is 2.29 bits per heavy atom. The Balaban J connectivity index is 1.89. The van der Waals surface area contributed by atoms with Crippen molar-refractivity contribution in [3.8, 4) is 0 Å². The van der Waals surface area contributed by atoms with Crippen LogP contribution in [0.1, 0.15) is 26.7 Å². The highest BCUT2D eigenvalue weighted by atomic mass is 16.5. The van der Waals surface area contributed by atoms with Crippen LogP contribution in [0, 0.1) is 5.92 Å². The summed E-state index contributed by atoms with van der Waals surface area (Å²) in [7, 11) is 0. The highest BCUT2D eigenvalue weighted by molar-refractivity contribution is 4.88. The van der Waals surface area contributed by atoms with Crippen molar-refractivity contribution in [2.45, 2.75) is 44.9 Å². The summed E-state index contributed by atoms with van der Waals surface area (Å²) in [5.74, 6) is 0.640. The minimum absolute atomic E-state index is 0.241. The molecule has 2 fully saturated rings. The Hall–Kier alpha value is -0.160. The normalized spacial score (nSPS) is 35.6. The Morgan fingerprint density at radius 3 is 2.88 bits per heavy atom. The zero-order valence-electron chi connectivity index (χ0n) is 11.1. The number of hydrogen-bond donors (Lipinski definition) is 2. The molecule has 0 radical (unpaired) electrons. The summed E-state index contributed by atoms with van der Waals surface area (Å²) in [6, 6.07) is 0.799. The van der Waals surface area contributed by atoms with E-state index in [9.17, 15) is 5.11 Å². The van der Waals surface area contributed by atoms with Crippen molar-refractivity contribution in [2.24, 2.45) is 5.92 Å². The number of nitrogens with one attached hydrogen (secondary N) is 1. The second-order valence-electron chi connectivity index (χ2n) is 5.68. The molecule has 3 unspecified atom stereocenters. The van der Waals surface area contributed by atoms with Crippen LogP contribution in [-0.4, -0.2) is 61.0 Å². The van der Waals surface area contributed by atoms with Gasteiger partial charge >= 0.3 is 0 Å². The van der Waals surface area contributed by atoms with Gasteiger partial charge in [-0.3, -0.25) is 4.90 Å². The molecule has 4 heteroatoms. The summed E-state index contributed by atoms with van der Waals surface area (Å²) in [4.78, 5) is 2.41. The minimum atomic E-state index is 0.241. The average Bonchev–Trinajstić information content (AvgIpc) is 2.81. The van der Waals surface area contributed by atoms with E-state index in [1.54, 1.807) is 0 Å². The Labute approximate surface area is 104 Å². The fourth-order valence-electron chi connectivity index (χ4n) is 2.78. The Bertz CT molecular complexity index is 227. The molecule has 0 aliphatic carbocycles. The lowest BCUT2D eigenvalue weighted by Gasteiger charge is -2.42. The quantitative estimate of drug-likeness (QED) is 0.751. The molecule has 4 nitrogen and oxygen atoms in total. The van der Waals surface area contributed by atoms with Crippen LogP contribution < -0.4 is 5.32 Å². The second kappa shape index (κ2) is 6.14. The number of aliphatic hydroxyl groups excluding tert-OH is 1. The van der Waals surface area contributed by atoms with Gasteiger partial charge in [-0.1, -0.05) is 13.8 Å². The summed E-state index contributed by atoms with van der Waals surface area (Å²) in [6.07, 6.45) is 2.75. The molecule has 0 amide bonds. The van der Waals surface area contributed by atoms with Gasteiger partial charge in [0, 0.05) is 38.3 Å². The van der Waals surface area contributed by atoms with Crippen LogP contribution >= 0.6 is 0 Å². The molecule has 3 atom stereocenters. The third kappa shape index (κ3) is 3.41. The second-order valence-corrected chi connectivity index (χ2v) is 5.68. The van der Waals surface area contributed by atoms with Crippen LogP contribution in [0.3, 0.4) is 0 Å².